The van der Waals surface area contributed by atoms with Crippen molar-refractivity contribution in [1.29, 1.82) is 0 Å². The third-order valence-corrected chi connectivity index (χ3v) is 5.12. The van der Waals surface area contributed by atoms with Crippen LogP contribution >= 0.6 is 0 Å². The molecule has 1 N–H and O–H groups in total. The summed E-state index contributed by atoms with van der Waals surface area (Å²) in [7, 11) is 0. The molecule has 30 heavy (non-hydrogen) atoms. The van der Waals surface area contributed by atoms with E-state index in [-0.39, 0.29) is 17.4 Å². The van der Waals surface area contributed by atoms with E-state index in [0.717, 1.165) is 24.1 Å². The van der Waals surface area contributed by atoms with Gasteiger partial charge in [-0.2, -0.15) is 0 Å². The molecular formula is C24H21N3O3. The molecule has 6 nitrogen and oxygen atoms in total. The quantitative estimate of drug-likeness (QED) is 0.669. The van der Waals surface area contributed by atoms with Gasteiger partial charge in [0.2, 0.25) is 0 Å². The Hall–Kier alpha value is -3.80. The molecule has 0 atom stereocenters. The molecule has 0 radical (unpaired) electrons. The van der Waals surface area contributed by atoms with Crippen molar-refractivity contribution in [2.45, 2.75) is 19.8 Å². The van der Waals surface area contributed by atoms with E-state index in [0.29, 0.717) is 23.4 Å². The Morgan fingerprint density at radius 1 is 0.967 bits per heavy atom. The number of amides is 2. The van der Waals surface area contributed by atoms with E-state index in [9.17, 15) is 14.4 Å². The van der Waals surface area contributed by atoms with Crippen molar-refractivity contribution in [2.75, 3.05) is 16.8 Å². The molecule has 0 saturated heterocycles. The van der Waals surface area contributed by atoms with Crippen LogP contribution in [0.15, 0.2) is 66.9 Å². The van der Waals surface area contributed by atoms with Crippen LogP contribution in [0, 0.1) is 0 Å². The number of rotatable bonds is 4. The molecular weight excluding hydrogens is 378 g/mol. The predicted octanol–water partition coefficient (Wildman–Crippen LogP) is 4.13. The zero-order valence-electron chi connectivity index (χ0n) is 16.6. The third-order valence-electron chi connectivity index (χ3n) is 5.12. The van der Waals surface area contributed by atoms with E-state index in [2.05, 4.69) is 10.3 Å². The lowest BCUT2D eigenvalue weighted by Gasteiger charge is -2.29. The van der Waals surface area contributed by atoms with Gasteiger partial charge in [0.1, 0.15) is 5.69 Å². The first-order valence-electron chi connectivity index (χ1n) is 9.81. The SMILES string of the molecule is CC(=O)c1cccc(NC(=O)c2cc(C(=O)N3CCCc4ccccc43)ccn2)c1. The molecule has 0 bridgehead atoms. The number of para-hydroxylation sites is 1. The standard InChI is InChI=1S/C24H21N3O3/c1-16(28)18-7-4-9-20(14-18)26-23(29)21-15-19(11-12-25-21)24(30)27-13-5-8-17-6-2-3-10-22(17)27/h2-4,6-7,9-12,14-15H,5,8,13H2,1H3,(H,26,29). The number of aryl methyl sites for hydroxylation is 1. The number of Topliss-reactive ketones (excluding diaryl/α,β-unsaturated/α-hetero) is 1. The number of carbonyl (C=O) groups is 3. The number of anilines is 2. The molecule has 4 rings (SSSR count). The summed E-state index contributed by atoms with van der Waals surface area (Å²) >= 11 is 0. The number of nitrogens with zero attached hydrogens (tertiary/aromatic N) is 2. The highest BCUT2D eigenvalue weighted by Gasteiger charge is 2.24. The summed E-state index contributed by atoms with van der Waals surface area (Å²) in [6.45, 7) is 2.11. The summed E-state index contributed by atoms with van der Waals surface area (Å²) in [5.41, 5.74) is 3.61. The monoisotopic (exact) mass is 399 g/mol. The van der Waals surface area contributed by atoms with Crippen molar-refractivity contribution in [3.8, 4) is 0 Å². The van der Waals surface area contributed by atoms with E-state index < -0.39 is 5.91 Å². The molecule has 2 amide bonds. The summed E-state index contributed by atoms with van der Waals surface area (Å²) in [4.78, 5) is 43.2. The van der Waals surface area contributed by atoms with Crippen LogP contribution < -0.4 is 10.2 Å². The number of ketones is 1. The van der Waals surface area contributed by atoms with Gasteiger partial charge in [0.15, 0.2) is 5.78 Å². The average Bonchev–Trinajstić information content (AvgIpc) is 2.78. The van der Waals surface area contributed by atoms with Crippen molar-refractivity contribution < 1.29 is 14.4 Å². The fourth-order valence-corrected chi connectivity index (χ4v) is 3.60. The molecule has 1 aliphatic heterocycles. The number of fused-ring (bicyclic) bond motifs is 1. The Labute approximate surface area is 174 Å². The fourth-order valence-electron chi connectivity index (χ4n) is 3.60. The van der Waals surface area contributed by atoms with E-state index in [1.54, 1.807) is 35.2 Å². The minimum atomic E-state index is -0.440. The zero-order valence-corrected chi connectivity index (χ0v) is 16.6. The molecule has 6 heteroatoms. The second-order valence-electron chi connectivity index (χ2n) is 7.21. The summed E-state index contributed by atoms with van der Waals surface area (Å²) < 4.78 is 0. The van der Waals surface area contributed by atoms with E-state index >= 15 is 0 Å². The summed E-state index contributed by atoms with van der Waals surface area (Å²) in [6.07, 6.45) is 3.31. The van der Waals surface area contributed by atoms with Crippen LogP contribution in [0.5, 0.6) is 0 Å². The van der Waals surface area contributed by atoms with Crippen LogP contribution in [0.1, 0.15) is 50.1 Å². The lowest BCUT2D eigenvalue weighted by atomic mass is 10.0. The smallest absolute Gasteiger partial charge is 0.274 e. The molecule has 150 valence electrons. The van der Waals surface area contributed by atoms with E-state index in [4.69, 9.17) is 0 Å². The van der Waals surface area contributed by atoms with Crippen molar-refractivity contribution in [3.05, 3.63) is 89.2 Å². The molecule has 1 aromatic heterocycles. The number of carbonyl (C=O) groups excluding carboxylic acids is 3. The summed E-state index contributed by atoms with van der Waals surface area (Å²) in [5.74, 6) is -0.680. The normalized spacial score (nSPS) is 12.8. The van der Waals surface area contributed by atoms with Gasteiger partial charge in [0, 0.05) is 35.2 Å². The number of benzene rings is 2. The van der Waals surface area contributed by atoms with Gasteiger partial charge in [-0.1, -0.05) is 30.3 Å². The molecule has 0 saturated carbocycles. The van der Waals surface area contributed by atoms with Crippen LogP contribution in [-0.2, 0) is 6.42 Å². The van der Waals surface area contributed by atoms with Crippen LogP contribution in [0.4, 0.5) is 11.4 Å². The molecule has 1 aliphatic rings. The van der Waals surface area contributed by atoms with Gasteiger partial charge in [0.05, 0.1) is 0 Å². The number of pyridine rings is 1. The maximum atomic E-state index is 13.1. The Balaban J connectivity index is 1.56. The molecule has 0 fully saturated rings. The highest BCUT2D eigenvalue weighted by molar-refractivity contribution is 6.09. The van der Waals surface area contributed by atoms with Crippen LogP contribution in [0.25, 0.3) is 0 Å². The lowest BCUT2D eigenvalue weighted by molar-refractivity contribution is 0.0982. The van der Waals surface area contributed by atoms with E-state index in [1.807, 2.05) is 24.3 Å². The molecule has 0 unspecified atom stereocenters. The predicted molar refractivity (Wildman–Crippen MR) is 115 cm³/mol. The largest absolute Gasteiger partial charge is 0.321 e. The van der Waals surface area contributed by atoms with Gasteiger partial charge in [-0.15, -0.1) is 0 Å². The van der Waals surface area contributed by atoms with Gasteiger partial charge in [-0.3, -0.25) is 19.4 Å². The molecule has 3 aromatic rings. The highest BCUT2D eigenvalue weighted by atomic mass is 16.2. The Bertz CT molecular complexity index is 1140. The van der Waals surface area contributed by atoms with Gasteiger partial charge < -0.3 is 10.2 Å². The second-order valence-corrected chi connectivity index (χ2v) is 7.21. The van der Waals surface area contributed by atoms with Crippen LogP contribution in [0.2, 0.25) is 0 Å². The number of nitrogens with one attached hydrogen (secondary N) is 1. The minimum absolute atomic E-state index is 0.0846. The average molecular weight is 399 g/mol. The minimum Gasteiger partial charge on any atom is -0.321 e. The lowest BCUT2D eigenvalue weighted by Crippen LogP contribution is -2.35. The second kappa shape index (κ2) is 8.29. The summed E-state index contributed by atoms with van der Waals surface area (Å²) in [6, 6.07) is 17.7. The van der Waals surface area contributed by atoms with Gasteiger partial charge in [-0.25, -0.2) is 0 Å². The Kier molecular flexibility index (Phi) is 5.39. The van der Waals surface area contributed by atoms with Gasteiger partial charge >= 0.3 is 0 Å². The highest BCUT2D eigenvalue weighted by Crippen LogP contribution is 2.28. The van der Waals surface area contributed by atoms with Gasteiger partial charge in [0.25, 0.3) is 11.8 Å². The number of hydrogen-bond acceptors (Lipinski definition) is 4. The third kappa shape index (κ3) is 3.98. The first-order valence-corrected chi connectivity index (χ1v) is 9.81. The summed E-state index contributed by atoms with van der Waals surface area (Å²) in [5, 5.41) is 2.74. The zero-order chi connectivity index (χ0) is 21.1. The Morgan fingerprint density at radius 2 is 1.80 bits per heavy atom. The van der Waals surface area contributed by atoms with Crippen molar-refractivity contribution >= 4 is 29.0 Å². The maximum Gasteiger partial charge on any atom is 0.274 e. The number of aromatic nitrogens is 1. The fraction of sp³-hybridized carbons (Fsp3) is 0.167. The van der Waals surface area contributed by atoms with E-state index in [1.165, 1.54) is 19.2 Å². The van der Waals surface area contributed by atoms with Crippen LogP contribution in [-0.4, -0.2) is 29.1 Å². The first kappa shape index (κ1) is 19.5. The molecule has 2 aromatic carbocycles. The number of hydrogen-bond donors (Lipinski definition) is 1. The maximum absolute atomic E-state index is 13.1. The van der Waals surface area contributed by atoms with Crippen molar-refractivity contribution in [1.82, 2.24) is 4.98 Å². The molecule has 0 aliphatic carbocycles. The Morgan fingerprint density at radius 3 is 2.63 bits per heavy atom. The van der Waals surface area contributed by atoms with Crippen molar-refractivity contribution in [2.24, 2.45) is 0 Å². The molecule has 0 spiro atoms. The molecule has 2 heterocycles. The topological polar surface area (TPSA) is 79.4 Å². The van der Waals surface area contributed by atoms with Gasteiger partial charge in [-0.05, 0) is 55.7 Å². The first-order chi connectivity index (χ1) is 14.5. The van der Waals surface area contributed by atoms with Crippen molar-refractivity contribution in [3.63, 3.8) is 0 Å². The van der Waals surface area contributed by atoms with Crippen LogP contribution in [0.3, 0.4) is 0 Å².